The van der Waals surface area contributed by atoms with Crippen LogP contribution in [0.1, 0.15) is 40.0 Å². The maximum atomic E-state index is 5.63. The highest BCUT2D eigenvalue weighted by Crippen LogP contribution is 2.48. The SMILES string of the molecule is CC(C)(C)OCCOCC1(CCN)CC1. The molecule has 0 atom stereocenters. The Bertz CT molecular complexity index is 183. The highest BCUT2D eigenvalue weighted by atomic mass is 16.5. The van der Waals surface area contributed by atoms with Gasteiger partial charge in [-0.3, -0.25) is 0 Å². The van der Waals surface area contributed by atoms with Crippen LogP contribution in [0.25, 0.3) is 0 Å². The van der Waals surface area contributed by atoms with Gasteiger partial charge in [0.25, 0.3) is 0 Å². The molecule has 3 heteroatoms. The van der Waals surface area contributed by atoms with Crippen molar-refractivity contribution < 1.29 is 9.47 Å². The van der Waals surface area contributed by atoms with Gasteiger partial charge in [0.1, 0.15) is 0 Å². The fourth-order valence-electron chi connectivity index (χ4n) is 1.64. The average molecular weight is 215 g/mol. The summed E-state index contributed by atoms with van der Waals surface area (Å²) in [6.45, 7) is 9.20. The summed E-state index contributed by atoms with van der Waals surface area (Å²) >= 11 is 0. The first-order valence-electron chi connectivity index (χ1n) is 5.89. The predicted octanol–water partition coefficient (Wildman–Crippen LogP) is 1.95. The minimum absolute atomic E-state index is 0.0577. The van der Waals surface area contributed by atoms with Crippen molar-refractivity contribution in [1.29, 1.82) is 0 Å². The molecule has 1 saturated carbocycles. The lowest BCUT2D eigenvalue weighted by Gasteiger charge is -2.20. The summed E-state index contributed by atoms with van der Waals surface area (Å²) < 4.78 is 11.2. The van der Waals surface area contributed by atoms with Gasteiger partial charge in [-0.2, -0.15) is 0 Å². The molecule has 0 unspecified atom stereocenters. The number of hydrogen-bond donors (Lipinski definition) is 1. The van der Waals surface area contributed by atoms with E-state index in [1.807, 2.05) is 0 Å². The van der Waals surface area contributed by atoms with Crippen LogP contribution in [-0.4, -0.2) is 32.0 Å². The smallest absolute Gasteiger partial charge is 0.0707 e. The van der Waals surface area contributed by atoms with E-state index in [1.165, 1.54) is 12.8 Å². The van der Waals surface area contributed by atoms with Crippen molar-refractivity contribution >= 4 is 0 Å². The average Bonchev–Trinajstić information content (AvgIpc) is 2.83. The van der Waals surface area contributed by atoms with Gasteiger partial charge in [0, 0.05) is 0 Å². The second-order valence-electron chi connectivity index (χ2n) is 5.55. The molecule has 0 spiro atoms. The molecule has 1 fully saturated rings. The quantitative estimate of drug-likeness (QED) is 0.660. The van der Waals surface area contributed by atoms with Crippen molar-refractivity contribution in [1.82, 2.24) is 0 Å². The van der Waals surface area contributed by atoms with Gasteiger partial charge in [-0.15, -0.1) is 0 Å². The lowest BCUT2D eigenvalue weighted by atomic mass is 10.0. The maximum absolute atomic E-state index is 5.63. The lowest BCUT2D eigenvalue weighted by molar-refractivity contribution is -0.0410. The van der Waals surface area contributed by atoms with Crippen LogP contribution in [0.2, 0.25) is 0 Å². The summed E-state index contributed by atoms with van der Waals surface area (Å²) in [7, 11) is 0. The highest BCUT2D eigenvalue weighted by molar-refractivity contribution is 4.92. The third-order valence-electron chi connectivity index (χ3n) is 2.80. The molecule has 0 aromatic heterocycles. The van der Waals surface area contributed by atoms with E-state index in [4.69, 9.17) is 15.2 Å². The van der Waals surface area contributed by atoms with E-state index in [2.05, 4.69) is 20.8 Å². The highest BCUT2D eigenvalue weighted by Gasteiger charge is 2.41. The minimum atomic E-state index is -0.0577. The second kappa shape index (κ2) is 5.28. The molecule has 0 aliphatic heterocycles. The van der Waals surface area contributed by atoms with Crippen LogP contribution in [0.5, 0.6) is 0 Å². The van der Waals surface area contributed by atoms with Gasteiger partial charge in [0.2, 0.25) is 0 Å². The van der Waals surface area contributed by atoms with Gasteiger partial charge in [-0.1, -0.05) is 0 Å². The van der Waals surface area contributed by atoms with E-state index in [9.17, 15) is 0 Å². The van der Waals surface area contributed by atoms with Crippen LogP contribution in [0.4, 0.5) is 0 Å². The van der Waals surface area contributed by atoms with Crippen molar-refractivity contribution in [2.75, 3.05) is 26.4 Å². The van der Waals surface area contributed by atoms with Gasteiger partial charge in [-0.25, -0.2) is 0 Å². The summed E-state index contributed by atoms with van der Waals surface area (Å²) in [5.74, 6) is 0. The summed E-state index contributed by atoms with van der Waals surface area (Å²) in [5, 5.41) is 0. The van der Waals surface area contributed by atoms with Crippen molar-refractivity contribution in [2.24, 2.45) is 11.1 Å². The van der Waals surface area contributed by atoms with E-state index in [0.717, 1.165) is 19.6 Å². The predicted molar refractivity (Wildman–Crippen MR) is 61.9 cm³/mol. The Kier molecular flexibility index (Phi) is 4.56. The number of nitrogens with two attached hydrogens (primary N) is 1. The summed E-state index contributed by atoms with van der Waals surface area (Å²) in [4.78, 5) is 0. The third kappa shape index (κ3) is 5.50. The molecule has 1 aliphatic carbocycles. The van der Waals surface area contributed by atoms with Crippen molar-refractivity contribution in [2.45, 2.75) is 45.6 Å². The molecule has 1 aliphatic rings. The Morgan fingerprint density at radius 3 is 2.33 bits per heavy atom. The molecule has 0 aromatic carbocycles. The molecule has 0 aromatic rings. The van der Waals surface area contributed by atoms with Crippen LogP contribution in [0.15, 0.2) is 0 Å². The molecule has 0 bridgehead atoms. The van der Waals surface area contributed by atoms with Gasteiger partial charge in [0.05, 0.1) is 25.4 Å². The summed E-state index contributed by atoms with van der Waals surface area (Å²) in [5.41, 5.74) is 5.93. The zero-order chi connectivity index (χ0) is 11.4. The second-order valence-corrected chi connectivity index (χ2v) is 5.55. The Labute approximate surface area is 93.3 Å². The molecule has 0 heterocycles. The van der Waals surface area contributed by atoms with Crippen molar-refractivity contribution in [3.8, 4) is 0 Å². The molecule has 2 N–H and O–H groups in total. The monoisotopic (exact) mass is 215 g/mol. The first kappa shape index (κ1) is 12.9. The maximum Gasteiger partial charge on any atom is 0.0707 e. The van der Waals surface area contributed by atoms with Crippen LogP contribution in [-0.2, 0) is 9.47 Å². The van der Waals surface area contributed by atoms with Gasteiger partial charge >= 0.3 is 0 Å². The molecule has 0 radical (unpaired) electrons. The van der Waals surface area contributed by atoms with Gasteiger partial charge in [-0.05, 0) is 52.0 Å². The molecular weight excluding hydrogens is 190 g/mol. The first-order valence-corrected chi connectivity index (χ1v) is 5.89. The molecule has 3 nitrogen and oxygen atoms in total. The Morgan fingerprint density at radius 2 is 1.87 bits per heavy atom. The standard InChI is InChI=1S/C12H25NO2/c1-11(2,3)15-9-8-14-10-12(4-5-12)6-7-13/h4-10,13H2,1-3H3. The minimum Gasteiger partial charge on any atom is -0.378 e. The van der Waals surface area contributed by atoms with Crippen molar-refractivity contribution in [3.63, 3.8) is 0 Å². The van der Waals surface area contributed by atoms with Crippen LogP contribution >= 0.6 is 0 Å². The number of hydrogen-bond acceptors (Lipinski definition) is 3. The van der Waals surface area contributed by atoms with E-state index in [-0.39, 0.29) is 5.60 Å². The Balaban J connectivity index is 1.98. The Hall–Kier alpha value is -0.120. The number of ether oxygens (including phenoxy) is 2. The van der Waals surface area contributed by atoms with Crippen LogP contribution < -0.4 is 5.73 Å². The normalized spacial score (nSPS) is 19.2. The third-order valence-corrected chi connectivity index (χ3v) is 2.80. The summed E-state index contributed by atoms with van der Waals surface area (Å²) in [6, 6.07) is 0. The van der Waals surface area contributed by atoms with E-state index in [1.54, 1.807) is 0 Å². The number of rotatable bonds is 7. The lowest BCUT2D eigenvalue weighted by Crippen LogP contribution is -2.23. The van der Waals surface area contributed by atoms with E-state index >= 15 is 0 Å². The molecule has 0 amide bonds. The van der Waals surface area contributed by atoms with Crippen molar-refractivity contribution in [3.05, 3.63) is 0 Å². The molecule has 15 heavy (non-hydrogen) atoms. The van der Waals surface area contributed by atoms with Gasteiger partial charge in [0.15, 0.2) is 0 Å². The van der Waals surface area contributed by atoms with E-state index in [0.29, 0.717) is 18.6 Å². The van der Waals surface area contributed by atoms with Crippen LogP contribution in [0, 0.1) is 5.41 Å². The van der Waals surface area contributed by atoms with E-state index < -0.39 is 0 Å². The Morgan fingerprint density at radius 1 is 1.20 bits per heavy atom. The summed E-state index contributed by atoms with van der Waals surface area (Å²) in [6.07, 6.45) is 3.67. The topological polar surface area (TPSA) is 44.5 Å². The van der Waals surface area contributed by atoms with Gasteiger partial charge < -0.3 is 15.2 Å². The molecular formula is C12H25NO2. The molecule has 0 saturated heterocycles. The molecule has 1 rings (SSSR count). The van der Waals surface area contributed by atoms with Crippen LogP contribution in [0.3, 0.4) is 0 Å². The largest absolute Gasteiger partial charge is 0.378 e. The molecule has 90 valence electrons. The fourth-order valence-corrected chi connectivity index (χ4v) is 1.64. The zero-order valence-corrected chi connectivity index (χ0v) is 10.3. The zero-order valence-electron chi connectivity index (χ0n) is 10.3. The fraction of sp³-hybridized carbons (Fsp3) is 1.00. The first-order chi connectivity index (χ1) is 6.97.